The van der Waals surface area contributed by atoms with E-state index < -0.39 is 12.1 Å². The molecule has 2 rings (SSSR count). The summed E-state index contributed by atoms with van der Waals surface area (Å²) in [6, 6.07) is 15.4. The maximum absolute atomic E-state index is 12.0. The predicted octanol–water partition coefficient (Wildman–Crippen LogP) is 4.02. The molecule has 0 aliphatic rings. The summed E-state index contributed by atoms with van der Waals surface area (Å²) in [6.07, 6.45) is 2.11. The van der Waals surface area contributed by atoms with Gasteiger partial charge < -0.3 is 10.1 Å². The molecule has 0 aromatic heterocycles. The summed E-state index contributed by atoms with van der Waals surface area (Å²) < 4.78 is 6.03. The van der Waals surface area contributed by atoms with Gasteiger partial charge >= 0.3 is 5.97 Å². The van der Waals surface area contributed by atoms with Gasteiger partial charge in [0.2, 0.25) is 0 Å². The van der Waals surface area contributed by atoms with Crippen molar-refractivity contribution < 1.29 is 14.3 Å². The van der Waals surface area contributed by atoms with Crippen molar-refractivity contribution in [2.24, 2.45) is 0 Å². The van der Waals surface area contributed by atoms with Crippen LogP contribution in [0.2, 0.25) is 0 Å². The van der Waals surface area contributed by atoms with Gasteiger partial charge in [0.1, 0.15) is 0 Å². The highest BCUT2D eigenvalue weighted by Gasteiger charge is 2.16. The summed E-state index contributed by atoms with van der Waals surface area (Å²) in [6.45, 7) is 3.93. The Morgan fingerprint density at radius 2 is 1.92 bits per heavy atom. The highest BCUT2D eigenvalue weighted by atomic mass is 79.9. The van der Waals surface area contributed by atoms with Crippen LogP contribution in [0, 0.1) is 6.92 Å². The molecular weight excluding hydrogens is 382 g/mol. The lowest BCUT2D eigenvalue weighted by atomic mass is 10.1. The third kappa shape index (κ3) is 6.19. The van der Waals surface area contributed by atoms with E-state index in [9.17, 15) is 9.59 Å². The predicted molar refractivity (Wildman–Crippen MR) is 102 cm³/mol. The number of nitrogens with one attached hydrogen (secondary N) is 1. The number of ether oxygens (including phenoxy) is 1. The fourth-order valence-electron chi connectivity index (χ4n) is 2.12. The van der Waals surface area contributed by atoms with Gasteiger partial charge in [-0.15, -0.1) is 0 Å². The molecular formula is C20H20BrNO3. The molecule has 130 valence electrons. The number of esters is 1. The first kappa shape index (κ1) is 18.9. The minimum Gasteiger partial charge on any atom is -0.449 e. The molecule has 0 aliphatic heterocycles. The van der Waals surface area contributed by atoms with Crippen molar-refractivity contribution in [2.45, 2.75) is 26.5 Å². The van der Waals surface area contributed by atoms with Crippen LogP contribution >= 0.6 is 15.9 Å². The highest BCUT2D eigenvalue weighted by molar-refractivity contribution is 9.10. The lowest BCUT2D eigenvalue weighted by Gasteiger charge is -2.12. The van der Waals surface area contributed by atoms with Crippen molar-refractivity contribution in [3.05, 3.63) is 75.8 Å². The quantitative estimate of drug-likeness (QED) is 0.587. The zero-order valence-corrected chi connectivity index (χ0v) is 15.7. The second-order valence-electron chi connectivity index (χ2n) is 5.64. The maximum atomic E-state index is 12.0. The van der Waals surface area contributed by atoms with E-state index in [2.05, 4.69) is 21.2 Å². The molecule has 5 heteroatoms. The van der Waals surface area contributed by atoms with Crippen molar-refractivity contribution >= 4 is 33.9 Å². The van der Waals surface area contributed by atoms with Crippen LogP contribution < -0.4 is 5.32 Å². The second kappa shape index (κ2) is 9.18. The standard InChI is InChI=1S/C20H20BrNO3/c1-14-8-9-17(18(21)12-14)10-11-19(23)25-15(2)20(24)22-13-16-6-4-3-5-7-16/h3-12,15H,13H2,1-2H3,(H,22,24)/b11-10+/t15-/m1/s1. The van der Waals surface area contributed by atoms with Crippen molar-refractivity contribution in [1.29, 1.82) is 0 Å². The van der Waals surface area contributed by atoms with Gasteiger partial charge in [0.05, 0.1) is 0 Å². The van der Waals surface area contributed by atoms with Crippen LogP contribution in [0.1, 0.15) is 23.6 Å². The normalized spacial score (nSPS) is 12.0. The van der Waals surface area contributed by atoms with E-state index in [1.54, 1.807) is 13.0 Å². The molecule has 1 N–H and O–H groups in total. The Labute approximate surface area is 156 Å². The molecule has 25 heavy (non-hydrogen) atoms. The van der Waals surface area contributed by atoms with E-state index in [1.807, 2.05) is 55.5 Å². The van der Waals surface area contributed by atoms with Crippen molar-refractivity contribution in [1.82, 2.24) is 5.32 Å². The molecule has 4 nitrogen and oxygen atoms in total. The Morgan fingerprint density at radius 1 is 1.20 bits per heavy atom. The summed E-state index contributed by atoms with van der Waals surface area (Å²) in [5, 5.41) is 2.75. The summed E-state index contributed by atoms with van der Waals surface area (Å²) >= 11 is 3.45. The van der Waals surface area contributed by atoms with Gasteiger partial charge in [0.15, 0.2) is 6.10 Å². The SMILES string of the molecule is Cc1ccc(/C=C/C(=O)O[C@H](C)C(=O)NCc2ccccc2)c(Br)c1. The first-order chi connectivity index (χ1) is 12.0. The van der Waals surface area contributed by atoms with Crippen molar-refractivity contribution in [3.63, 3.8) is 0 Å². The molecule has 0 saturated carbocycles. The van der Waals surface area contributed by atoms with E-state index >= 15 is 0 Å². The van der Waals surface area contributed by atoms with Gasteiger partial charge in [-0.2, -0.15) is 0 Å². The van der Waals surface area contributed by atoms with Crippen LogP contribution in [0.5, 0.6) is 0 Å². The average Bonchev–Trinajstić information content (AvgIpc) is 2.59. The van der Waals surface area contributed by atoms with E-state index in [-0.39, 0.29) is 5.91 Å². The molecule has 0 spiro atoms. The monoisotopic (exact) mass is 401 g/mol. The summed E-state index contributed by atoms with van der Waals surface area (Å²) in [7, 11) is 0. The number of halogens is 1. The number of carbonyl (C=O) groups excluding carboxylic acids is 2. The Hall–Kier alpha value is -2.40. The van der Waals surface area contributed by atoms with Gasteiger partial charge in [-0.3, -0.25) is 4.79 Å². The van der Waals surface area contributed by atoms with Crippen LogP contribution in [-0.2, 0) is 20.9 Å². The number of rotatable bonds is 6. The van der Waals surface area contributed by atoms with E-state index in [0.29, 0.717) is 6.54 Å². The fourth-order valence-corrected chi connectivity index (χ4v) is 2.75. The number of benzene rings is 2. The Kier molecular flexibility index (Phi) is 6.95. The summed E-state index contributed by atoms with van der Waals surface area (Å²) in [5.74, 6) is -0.892. The van der Waals surface area contributed by atoms with Gasteiger partial charge in [-0.1, -0.05) is 58.4 Å². The van der Waals surface area contributed by atoms with Crippen molar-refractivity contribution in [3.8, 4) is 0 Å². The van der Waals surface area contributed by atoms with E-state index in [1.165, 1.54) is 6.08 Å². The third-order valence-electron chi connectivity index (χ3n) is 3.53. The lowest BCUT2D eigenvalue weighted by molar-refractivity contribution is -0.150. The molecule has 1 atom stereocenters. The molecule has 2 aromatic carbocycles. The van der Waals surface area contributed by atoms with Crippen LogP contribution in [0.25, 0.3) is 6.08 Å². The molecule has 2 aromatic rings. The molecule has 0 heterocycles. The lowest BCUT2D eigenvalue weighted by Crippen LogP contribution is -2.35. The molecule has 0 aliphatic carbocycles. The number of aryl methyl sites for hydroxylation is 1. The van der Waals surface area contributed by atoms with E-state index in [4.69, 9.17) is 4.74 Å². The number of hydrogen-bond donors (Lipinski definition) is 1. The minimum absolute atomic E-state index is 0.331. The van der Waals surface area contributed by atoms with E-state index in [0.717, 1.165) is 21.2 Å². The number of carbonyl (C=O) groups is 2. The molecule has 0 bridgehead atoms. The topological polar surface area (TPSA) is 55.4 Å². The zero-order chi connectivity index (χ0) is 18.2. The average molecular weight is 402 g/mol. The Bertz CT molecular complexity index is 772. The summed E-state index contributed by atoms with van der Waals surface area (Å²) in [4.78, 5) is 23.9. The number of amides is 1. The zero-order valence-electron chi connectivity index (χ0n) is 14.2. The maximum Gasteiger partial charge on any atom is 0.331 e. The molecule has 0 fully saturated rings. The molecule has 0 saturated heterocycles. The van der Waals surface area contributed by atoms with Gasteiger partial charge in [-0.05, 0) is 42.7 Å². The number of hydrogen-bond acceptors (Lipinski definition) is 3. The fraction of sp³-hybridized carbons (Fsp3) is 0.200. The summed E-state index contributed by atoms with van der Waals surface area (Å²) in [5.41, 5.74) is 2.97. The van der Waals surface area contributed by atoms with Gasteiger partial charge in [0.25, 0.3) is 5.91 Å². The first-order valence-electron chi connectivity index (χ1n) is 7.92. The van der Waals surface area contributed by atoms with Crippen LogP contribution in [0.15, 0.2) is 59.1 Å². The minimum atomic E-state index is -0.859. The third-order valence-corrected chi connectivity index (χ3v) is 4.21. The van der Waals surface area contributed by atoms with Crippen molar-refractivity contribution in [2.75, 3.05) is 0 Å². The highest BCUT2D eigenvalue weighted by Crippen LogP contribution is 2.19. The second-order valence-corrected chi connectivity index (χ2v) is 6.50. The van der Waals surface area contributed by atoms with Gasteiger partial charge in [0, 0.05) is 17.1 Å². The molecule has 1 amide bonds. The van der Waals surface area contributed by atoms with Gasteiger partial charge in [-0.25, -0.2) is 4.79 Å². The Balaban J connectivity index is 1.84. The van der Waals surface area contributed by atoms with Crippen LogP contribution in [0.4, 0.5) is 0 Å². The van der Waals surface area contributed by atoms with Crippen LogP contribution in [0.3, 0.4) is 0 Å². The van der Waals surface area contributed by atoms with Crippen LogP contribution in [-0.4, -0.2) is 18.0 Å². The Morgan fingerprint density at radius 3 is 2.60 bits per heavy atom. The molecule has 0 unspecified atom stereocenters. The first-order valence-corrected chi connectivity index (χ1v) is 8.71. The molecule has 0 radical (unpaired) electrons. The smallest absolute Gasteiger partial charge is 0.331 e. The largest absolute Gasteiger partial charge is 0.449 e.